The van der Waals surface area contributed by atoms with Crippen LogP contribution in [0.15, 0.2) is 6.20 Å². The Morgan fingerprint density at radius 1 is 1.37 bits per heavy atom. The summed E-state index contributed by atoms with van der Waals surface area (Å²) in [7, 11) is 1.74. The van der Waals surface area contributed by atoms with Gasteiger partial charge in [0.1, 0.15) is 0 Å². The van der Waals surface area contributed by atoms with Crippen LogP contribution in [-0.4, -0.2) is 30.0 Å². The Morgan fingerprint density at radius 2 is 2.16 bits per heavy atom. The largest absolute Gasteiger partial charge is 0.383 e. The first kappa shape index (κ1) is 14.5. The second-order valence-electron chi connectivity index (χ2n) is 5.38. The monoisotopic (exact) mass is 265 g/mol. The first-order chi connectivity index (χ1) is 9.36. The molecule has 0 amide bonds. The molecule has 4 heteroatoms. The van der Waals surface area contributed by atoms with Gasteiger partial charge in [0.2, 0.25) is 0 Å². The van der Waals surface area contributed by atoms with Crippen LogP contribution in [0.4, 0.5) is 0 Å². The number of aromatic nitrogens is 2. The Labute approximate surface area is 116 Å². The Balaban J connectivity index is 1.98. The summed E-state index contributed by atoms with van der Waals surface area (Å²) in [6.07, 6.45) is 9.82. The fourth-order valence-electron chi connectivity index (χ4n) is 3.00. The minimum Gasteiger partial charge on any atom is -0.383 e. The van der Waals surface area contributed by atoms with Gasteiger partial charge in [0.25, 0.3) is 0 Å². The van der Waals surface area contributed by atoms with Gasteiger partial charge in [0.05, 0.1) is 18.8 Å². The predicted octanol–water partition coefficient (Wildman–Crippen LogP) is 2.69. The number of rotatable bonds is 7. The third-order valence-corrected chi connectivity index (χ3v) is 4.04. The minimum absolute atomic E-state index is 0.636. The fraction of sp³-hybridized carbons (Fsp3) is 0.800. The molecule has 4 nitrogen and oxygen atoms in total. The Bertz CT molecular complexity index is 369. The van der Waals surface area contributed by atoms with E-state index in [2.05, 4.69) is 22.0 Å². The normalized spacial score (nSPS) is 16.9. The van der Waals surface area contributed by atoms with Crippen LogP contribution in [0.5, 0.6) is 0 Å². The lowest BCUT2D eigenvalue weighted by atomic mass is 9.95. The van der Waals surface area contributed by atoms with E-state index in [1.807, 2.05) is 6.20 Å². The van der Waals surface area contributed by atoms with Gasteiger partial charge in [-0.1, -0.05) is 26.2 Å². The molecule has 108 valence electrons. The quantitative estimate of drug-likeness (QED) is 0.770. The molecule has 1 aromatic rings. The highest BCUT2D eigenvalue weighted by molar-refractivity contribution is 5.18. The standard InChI is InChI=1S/C15H27N3O/c1-3-15-13(11-16-9-10-19-2)12-17-18(15)14-7-5-4-6-8-14/h12,14,16H,3-11H2,1-2H3. The van der Waals surface area contributed by atoms with Gasteiger partial charge >= 0.3 is 0 Å². The fourth-order valence-corrected chi connectivity index (χ4v) is 3.00. The zero-order chi connectivity index (χ0) is 13.5. The van der Waals surface area contributed by atoms with Gasteiger partial charge in [-0.2, -0.15) is 5.10 Å². The number of methoxy groups -OCH3 is 1. The Kier molecular flexibility index (Phi) is 5.86. The molecule has 19 heavy (non-hydrogen) atoms. The first-order valence-electron chi connectivity index (χ1n) is 7.61. The second-order valence-corrected chi connectivity index (χ2v) is 5.38. The van der Waals surface area contributed by atoms with Crippen molar-refractivity contribution in [1.82, 2.24) is 15.1 Å². The highest BCUT2D eigenvalue weighted by atomic mass is 16.5. The van der Waals surface area contributed by atoms with E-state index in [-0.39, 0.29) is 0 Å². The van der Waals surface area contributed by atoms with E-state index >= 15 is 0 Å². The summed E-state index contributed by atoms with van der Waals surface area (Å²) in [5.41, 5.74) is 2.76. The van der Waals surface area contributed by atoms with Gasteiger partial charge < -0.3 is 10.1 Å². The predicted molar refractivity (Wildman–Crippen MR) is 77.3 cm³/mol. The van der Waals surface area contributed by atoms with Gasteiger partial charge in [-0.15, -0.1) is 0 Å². The van der Waals surface area contributed by atoms with Crippen molar-refractivity contribution >= 4 is 0 Å². The molecular formula is C15H27N3O. The van der Waals surface area contributed by atoms with Crippen molar-refractivity contribution in [2.24, 2.45) is 0 Å². The molecule has 1 heterocycles. The van der Waals surface area contributed by atoms with Crippen molar-refractivity contribution in [3.8, 4) is 0 Å². The molecule has 1 aliphatic carbocycles. The van der Waals surface area contributed by atoms with E-state index < -0.39 is 0 Å². The van der Waals surface area contributed by atoms with Crippen LogP contribution in [0.2, 0.25) is 0 Å². The SMILES string of the molecule is CCc1c(CNCCOC)cnn1C1CCCCC1. The number of hydrogen-bond donors (Lipinski definition) is 1. The van der Waals surface area contributed by atoms with Crippen molar-refractivity contribution in [1.29, 1.82) is 0 Å². The van der Waals surface area contributed by atoms with Crippen LogP contribution < -0.4 is 5.32 Å². The molecule has 0 aliphatic heterocycles. The number of ether oxygens (including phenoxy) is 1. The van der Waals surface area contributed by atoms with Crippen molar-refractivity contribution in [3.63, 3.8) is 0 Å². The maximum Gasteiger partial charge on any atom is 0.0587 e. The molecule has 1 aliphatic rings. The molecule has 1 N–H and O–H groups in total. The van der Waals surface area contributed by atoms with E-state index in [0.29, 0.717) is 6.04 Å². The molecule has 0 aromatic carbocycles. The Hall–Kier alpha value is -0.870. The molecule has 0 radical (unpaired) electrons. The maximum absolute atomic E-state index is 5.05. The van der Waals surface area contributed by atoms with Gasteiger partial charge in [0.15, 0.2) is 0 Å². The molecule has 2 rings (SSSR count). The third kappa shape index (κ3) is 3.80. The average Bonchev–Trinajstić information content (AvgIpc) is 2.87. The highest BCUT2D eigenvalue weighted by Gasteiger charge is 2.19. The summed E-state index contributed by atoms with van der Waals surface area (Å²) >= 11 is 0. The van der Waals surface area contributed by atoms with Crippen LogP contribution in [0.25, 0.3) is 0 Å². The number of nitrogens with zero attached hydrogens (tertiary/aromatic N) is 2. The number of hydrogen-bond acceptors (Lipinski definition) is 3. The summed E-state index contributed by atoms with van der Waals surface area (Å²) in [5.74, 6) is 0. The van der Waals surface area contributed by atoms with E-state index in [1.165, 1.54) is 43.4 Å². The summed E-state index contributed by atoms with van der Waals surface area (Å²) in [6.45, 7) is 4.79. The van der Waals surface area contributed by atoms with Gasteiger partial charge in [0, 0.05) is 31.5 Å². The van der Waals surface area contributed by atoms with Gasteiger partial charge in [-0.05, 0) is 19.3 Å². The summed E-state index contributed by atoms with van der Waals surface area (Å²) < 4.78 is 7.35. The lowest BCUT2D eigenvalue weighted by molar-refractivity contribution is 0.199. The second kappa shape index (κ2) is 7.65. The zero-order valence-corrected chi connectivity index (χ0v) is 12.3. The first-order valence-corrected chi connectivity index (χ1v) is 7.61. The Morgan fingerprint density at radius 3 is 2.84 bits per heavy atom. The molecule has 0 unspecified atom stereocenters. The third-order valence-electron chi connectivity index (χ3n) is 4.04. The minimum atomic E-state index is 0.636. The smallest absolute Gasteiger partial charge is 0.0587 e. The zero-order valence-electron chi connectivity index (χ0n) is 12.3. The molecule has 0 atom stereocenters. The van der Waals surface area contributed by atoms with E-state index in [4.69, 9.17) is 4.74 Å². The van der Waals surface area contributed by atoms with Crippen LogP contribution in [-0.2, 0) is 17.7 Å². The van der Waals surface area contributed by atoms with Gasteiger partial charge in [-0.25, -0.2) is 0 Å². The number of nitrogens with one attached hydrogen (secondary N) is 1. The lowest BCUT2D eigenvalue weighted by Crippen LogP contribution is -2.20. The van der Waals surface area contributed by atoms with Crippen molar-refractivity contribution in [2.75, 3.05) is 20.3 Å². The molecule has 0 spiro atoms. The molecule has 1 aromatic heterocycles. The van der Waals surface area contributed by atoms with E-state index in [0.717, 1.165) is 26.1 Å². The maximum atomic E-state index is 5.05. The molecule has 1 fully saturated rings. The molecule has 0 bridgehead atoms. The van der Waals surface area contributed by atoms with E-state index in [1.54, 1.807) is 7.11 Å². The van der Waals surface area contributed by atoms with Crippen LogP contribution in [0.1, 0.15) is 56.3 Å². The van der Waals surface area contributed by atoms with Crippen LogP contribution in [0.3, 0.4) is 0 Å². The summed E-state index contributed by atoms with van der Waals surface area (Å²) in [5, 5.41) is 8.07. The highest BCUT2D eigenvalue weighted by Crippen LogP contribution is 2.29. The molecule has 1 saturated carbocycles. The summed E-state index contributed by atoms with van der Waals surface area (Å²) in [6, 6.07) is 0.636. The summed E-state index contributed by atoms with van der Waals surface area (Å²) in [4.78, 5) is 0. The van der Waals surface area contributed by atoms with Crippen LogP contribution >= 0.6 is 0 Å². The van der Waals surface area contributed by atoms with Crippen molar-refractivity contribution in [2.45, 2.75) is 58.0 Å². The molecular weight excluding hydrogens is 238 g/mol. The lowest BCUT2D eigenvalue weighted by Gasteiger charge is -2.24. The van der Waals surface area contributed by atoms with E-state index in [9.17, 15) is 0 Å². The van der Waals surface area contributed by atoms with Crippen LogP contribution in [0, 0.1) is 0 Å². The molecule has 0 saturated heterocycles. The van der Waals surface area contributed by atoms with Crippen molar-refractivity contribution in [3.05, 3.63) is 17.5 Å². The average molecular weight is 265 g/mol. The van der Waals surface area contributed by atoms with Gasteiger partial charge in [-0.3, -0.25) is 4.68 Å². The topological polar surface area (TPSA) is 39.1 Å². The van der Waals surface area contributed by atoms with Crippen molar-refractivity contribution < 1.29 is 4.74 Å².